The highest BCUT2D eigenvalue weighted by Gasteiger charge is 2.28. The van der Waals surface area contributed by atoms with E-state index in [4.69, 9.17) is 11.6 Å². The third-order valence-electron chi connectivity index (χ3n) is 6.36. The lowest BCUT2D eigenvalue weighted by Crippen LogP contribution is -2.50. The van der Waals surface area contributed by atoms with Gasteiger partial charge in [-0.25, -0.2) is 8.42 Å². The van der Waals surface area contributed by atoms with Crippen LogP contribution < -0.4 is 9.62 Å². The lowest BCUT2D eigenvalue weighted by Gasteiger charge is -2.31. The number of rotatable bonds is 15. The van der Waals surface area contributed by atoms with Crippen LogP contribution in [0.1, 0.15) is 57.1 Å². The highest BCUT2D eigenvalue weighted by atomic mass is 35.5. The Morgan fingerprint density at radius 2 is 1.70 bits per heavy atom. The molecule has 0 saturated heterocycles. The van der Waals surface area contributed by atoms with E-state index in [2.05, 4.69) is 12.2 Å². The van der Waals surface area contributed by atoms with E-state index < -0.39 is 16.1 Å². The van der Waals surface area contributed by atoms with Gasteiger partial charge in [-0.15, -0.1) is 0 Å². The second-order valence-electron chi connectivity index (χ2n) is 9.21. The van der Waals surface area contributed by atoms with Crippen molar-refractivity contribution in [2.75, 3.05) is 30.2 Å². The van der Waals surface area contributed by atoms with Gasteiger partial charge in [0.05, 0.1) is 11.9 Å². The van der Waals surface area contributed by atoms with Crippen molar-refractivity contribution in [2.45, 2.75) is 65.3 Å². The first-order valence-electron chi connectivity index (χ1n) is 12.9. The lowest BCUT2D eigenvalue weighted by molar-refractivity contribution is -0.140. The smallest absolute Gasteiger partial charge is 0.242 e. The van der Waals surface area contributed by atoms with Crippen LogP contribution in [0.4, 0.5) is 5.69 Å². The number of nitrogens with zero attached hydrogens (tertiary/aromatic N) is 2. The third kappa shape index (κ3) is 9.34. The van der Waals surface area contributed by atoms with Gasteiger partial charge in [0.15, 0.2) is 0 Å². The molecule has 9 heteroatoms. The van der Waals surface area contributed by atoms with E-state index in [1.807, 2.05) is 37.3 Å². The average molecular weight is 550 g/mol. The zero-order chi connectivity index (χ0) is 27.4. The molecule has 0 aromatic heterocycles. The van der Waals surface area contributed by atoms with Crippen LogP contribution in [0.3, 0.4) is 0 Å². The number of hydrogen-bond donors (Lipinski definition) is 1. The number of anilines is 1. The first-order valence-corrected chi connectivity index (χ1v) is 15.2. The van der Waals surface area contributed by atoms with Crippen LogP contribution in [0.25, 0.3) is 0 Å². The van der Waals surface area contributed by atoms with Crippen molar-refractivity contribution < 1.29 is 18.0 Å². The van der Waals surface area contributed by atoms with Gasteiger partial charge in [0.2, 0.25) is 21.8 Å². The van der Waals surface area contributed by atoms with E-state index in [9.17, 15) is 18.0 Å². The Balaban J connectivity index is 2.17. The first-order chi connectivity index (χ1) is 17.6. The van der Waals surface area contributed by atoms with E-state index in [-0.39, 0.29) is 24.8 Å². The molecule has 2 rings (SSSR count). The maximum Gasteiger partial charge on any atom is 0.242 e. The largest absolute Gasteiger partial charge is 0.354 e. The van der Waals surface area contributed by atoms with Gasteiger partial charge in [0.1, 0.15) is 6.04 Å². The fourth-order valence-corrected chi connectivity index (χ4v) is 5.44. The normalized spacial score (nSPS) is 12.1. The molecule has 0 fully saturated rings. The fraction of sp³-hybridized carbons (Fsp3) is 0.500. The van der Waals surface area contributed by atoms with Gasteiger partial charge in [0.25, 0.3) is 0 Å². The molecular formula is C28H40ClN3O4S. The van der Waals surface area contributed by atoms with Crippen molar-refractivity contribution in [3.63, 3.8) is 0 Å². The topological polar surface area (TPSA) is 86.8 Å². The predicted octanol–water partition coefficient (Wildman–Crippen LogP) is 4.96. The van der Waals surface area contributed by atoms with Crippen molar-refractivity contribution in [3.8, 4) is 0 Å². The van der Waals surface area contributed by atoms with Crippen LogP contribution in [0, 0.1) is 6.92 Å². The molecule has 1 atom stereocenters. The van der Waals surface area contributed by atoms with Crippen LogP contribution in [0.5, 0.6) is 0 Å². The minimum absolute atomic E-state index is 0.124. The Morgan fingerprint density at radius 3 is 2.32 bits per heavy atom. The highest BCUT2D eigenvalue weighted by molar-refractivity contribution is 7.92. The van der Waals surface area contributed by atoms with Crippen LogP contribution in [0.15, 0.2) is 48.5 Å². The Hall–Kier alpha value is -2.58. The number of nitrogens with one attached hydrogen (secondary N) is 1. The summed E-state index contributed by atoms with van der Waals surface area (Å²) in [7, 11) is -3.58. The number of carbonyl (C=O) groups excluding carboxylic acids is 2. The molecule has 37 heavy (non-hydrogen) atoms. The molecule has 0 unspecified atom stereocenters. The number of sulfonamides is 1. The van der Waals surface area contributed by atoms with Gasteiger partial charge in [-0.3, -0.25) is 13.9 Å². The quantitative estimate of drug-likeness (QED) is 0.318. The van der Waals surface area contributed by atoms with Crippen molar-refractivity contribution in [2.24, 2.45) is 0 Å². The summed E-state index contributed by atoms with van der Waals surface area (Å²) in [6, 6.07) is 14.4. The van der Waals surface area contributed by atoms with Crippen LogP contribution >= 0.6 is 11.6 Å². The molecule has 0 aliphatic carbocycles. The number of carbonyl (C=O) groups is 2. The second-order valence-corrected chi connectivity index (χ2v) is 11.5. The van der Waals surface area contributed by atoms with E-state index in [1.54, 1.807) is 30.0 Å². The summed E-state index contributed by atoms with van der Waals surface area (Å²) < 4.78 is 26.4. The van der Waals surface area contributed by atoms with E-state index in [0.29, 0.717) is 48.6 Å². The molecular weight excluding hydrogens is 510 g/mol. The van der Waals surface area contributed by atoms with Gasteiger partial charge >= 0.3 is 0 Å². The van der Waals surface area contributed by atoms with Crippen LogP contribution in [-0.4, -0.2) is 57.1 Å². The molecule has 0 aliphatic rings. The summed E-state index contributed by atoms with van der Waals surface area (Å²) in [6.07, 6.45) is 4.56. The van der Waals surface area contributed by atoms with E-state index in [0.717, 1.165) is 24.7 Å². The van der Waals surface area contributed by atoms with E-state index >= 15 is 0 Å². The minimum Gasteiger partial charge on any atom is -0.354 e. The maximum atomic E-state index is 13.4. The zero-order valence-corrected chi connectivity index (χ0v) is 23.9. The fourth-order valence-electron chi connectivity index (χ4n) is 4.25. The van der Waals surface area contributed by atoms with Crippen molar-refractivity contribution in [1.82, 2.24) is 10.2 Å². The molecule has 1 N–H and O–H groups in total. The monoisotopic (exact) mass is 549 g/mol. The molecule has 0 heterocycles. The maximum absolute atomic E-state index is 13.4. The molecule has 0 bridgehead atoms. The number of hydrogen-bond acceptors (Lipinski definition) is 4. The third-order valence-corrected chi connectivity index (χ3v) is 7.95. The van der Waals surface area contributed by atoms with Crippen molar-refractivity contribution in [3.05, 3.63) is 64.7 Å². The van der Waals surface area contributed by atoms with Gasteiger partial charge in [-0.05, 0) is 55.9 Å². The molecule has 0 aliphatic heterocycles. The lowest BCUT2D eigenvalue weighted by atomic mass is 10.1. The average Bonchev–Trinajstić information content (AvgIpc) is 2.86. The molecule has 0 radical (unpaired) electrons. The summed E-state index contributed by atoms with van der Waals surface area (Å²) in [4.78, 5) is 28.1. The zero-order valence-electron chi connectivity index (χ0n) is 22.4. The second kappa shape index (κ2) is 15.0. The predicted molar refractivity (Wildman–Crippen MR) is 151 cm³/mol. The minimum atomic E-state index is -3.58. The van der Waals surface area contributed by atoms with Crippen molar-refractivity contribution in [1.29, 1.82) is 0 Å². The molecule has 204 valence electrons. The molecule has 2 amide bonds. The SMILES string of the molecule is CCCCNC(=O)[C@H](CC)N(CCc1ccccc1)C(=O)CCCN(c1cccc(Cl)c1C)S(C)(=O)=O. The van der Waals surface area contributed by atoms with E-state index in [1.165, 1.54) is 4.31 Å². The first kappa shape index (κ1) is 30.6. The summed E-state index contributed by atoms with van der Waals surface area (Å²) >= 11 is 6.23. The van der Waals surface area contributed by atoms with Gasteiger partial charge < -0.3 is 10.2 Å². The summed E-state index contributed by atoms with van der Waals surface area (Å²) in [5.41, 5.74) is 2.26. The summed E-state index contributed by atoms with van der Waals surface area (Å²) in [6.45, 7) is 6.86. The highest BCUT2D eigenvalue weighted by Crippen LogP contribution is 2.28. The molecule has 2 aromatic rings. The van der Waals surface area contributed by atoms with Crippen LogP contribution in [0.2, 0.25) is 5.02 Å². The van der Waals surface area contributed by atoms with Gasteiger partial charge in [-0.2, -0.15) is 0 Å². The Labute approximate surface area is 227 Å². The molecule has 7 nitrogen and oxygen atoms in total. The van der Waals surface area contributed by atoms with Crippen molar-refractivity contribution >= 4 is 39.1 Å². The Kier molecular flexibility index (Phi) is 12.4. The number of benzene rings is 2. The number of halogens is 1. The standard InChI is InChI=1S/C28H40ClN3O4S/c1-5-7-19-30-28(34)25(6-2)31(21-18-23-13-9-8-10-14-23)27(33)17-12-20-32(37(4,35)36)26-16-11-15-24(29)22(26)3/h8-11,13-16,25H,5-7,12,17-21H2,1-4H3,(H,30,34)/t25-/m0/s1. The Bertz CT molecular complexity index is 1130. The molecule has 0 spiro atoms. The molecule has 2 aromatic carbocycles. The Morgan fingerprint density at radius 1 is 1.00 bits per heavy atom. The number of unbranched alkanes of at least 4 members (excludes halogenated alkanes) is 1. The molecule has 0 saturated carbocycles. The summed E-state index contributed by atoms with van der Waals surface area (Å²) in [5, 5.41) is 3.44. The van der Waals surface area contributed by atoms with Gasteiger partial charge in [0, 0.05) is 31.1 Å². The summed E-state index contributed by atoms with van der Waals surface area (Å²) in [5.74, 6) is -0.311. The van der Waals surface area contributed by atoms with Crippen LogP contribution in [-0.2, 0) is 26.0 Å². The number of amides is 2. The van der Waals surface area contributed by atoms with Gasteiger partial charge in [-0.1, -0.05) is 68.3 Å².